The molecule has 29 heavy (non-hydrogen) atoms. The first-order chi connectivity index (χ1) is 13.7. The van der Waals surface area contributed by atoms with Gasteiger partial charge in [0.25, 0.3) is 5.91 Å². The number of nitrogens with zero attached hydrogens (tertiary/aromatic N) is 1. The van der Waals surface area contributed by atoms with Crippen LogP contribution in [0, 0.1) is 6.92 Å². The first-order valence-corrected chi connectivity index (χ1v) is 9.30. The second-order valence-corrected chi connectivity index (χ2v) is 7.03. The number of hydrogen-bond acceptors (Lipinski definition) is 4. The highest BCUT2D eigenvalue weighted by Gasteiger charge is 2.36. The number of hydrogen-bond donors (Lipinski definition) is 2. The minimum Gasteiger partial charge on any atom is -0.389 e. The average Bonchev–Trinajstić information content (AvgIpc) is 2.68. The van der Waals surface area contributed by atoms with Crippen molar-refractivity contribution < 1.29 is 27.8 Å². The summed E-state index contributed by atoms with van der Waals surface area (Å²) in [4.78, 5) is 14.2. The van der Waals surface area contributed by atoms with Crippen molar-refractivity contribution in [2.24, 2.45) is 0 Å². The molecule has 0 bridgehead atoms. The lowest BCUT2D eigenvalue weighted by molar-refractivity contribution is -0.137. The maximum Gasteiger partial charge on any atom is 0.418 e. The van der Waals surface area contributed by atoms with Crippen LogP contribution in [0.5, 0.6) is 0 Å². The van der Waals surface area contributed by atoms with Gasteiger partial charge in [0.2, 0.25) is 0 Å². The van der Waals surface area contributed by atoms with Crippen molar-refractivity contribution in [3.8, 4) is 0 Å². The van der Waals surface area contributed by atoms with Gasteiger partial charge in [0, 0.05) is 30.0 Å². The van der Waals surface area contributed by atoms with Gasteiger partial charge in [-0.3, -0.25) is 4.79 Å². The Morgan fingerprint density at radius 1 is 1.17 bits per heavy atom. The molecule has 0 saturated carbocycles. The molecule has 1 saturated heterocycles. The smallest absolute Gasteiger partial charge is 0.389 e. The summed E-state index contributed by atoms with van der Waals surface area (Å²) in [7, 11) is 0. The highest BCUT2D eigenvalue weighted by atomic mass is 19.4. The summed E-state index contributed by atoms with van der Waals surface area (Å²) in [5, 5.41) is 12.4. The van der Waals surface area contributed by atoms with Gasteiger partial charge < -0.3 is 20.1 Å². The lowest BCUT2D eigenvalue weighted by Crippen LogP contribution is -2.37. The zero-order chi connectivity index (χ0) is 21.2. The number of rotatable bonds is 4. The maximum atomic E-state index is 13.6. The number of carbonyl (C=O) groups excluding carboxylic acids is 1. The van der Waals surface area contributed by atoms with Crippen LogP contribution in [0.3, 0.4) is 0 Å². The standard InChI is InChI=1S/C21H23F3N2O3/c1-13-3-5-16(12-17(13)14(2)27)25-20(28)15-4-6-19(18(11-15)21(22,23)24)26-7-9-29-10-8-26/h3-6,11-12,14,27H,7-10H2,1-2H3,(H,25,28). The van der Waals surface area contributed by atoms with E-state index in [9.17, 15) is 23.1 Å². The van der Waals surface area contributed by atoms with Gasteiger partial charge in [-0.05, 0) is 55.3 Å². The van der Waals surface area contributed by atoms with Crippen LogP contribution in [0.1, 0.15) is 40.1 Å². The van der Waals surface area contributed by atoms with Crippen LogP contribution in [0.2, 0.25) is 0 Å². The summed E-state index contributed by atoms with van der Waals surface area (Å²) < 4.78 is 46.1. The zero-order valence-corrected chi connectivity index (χ0v) is 16.2. The second kappa shape index (κ2) is 8.42. The van der Waals surface area contributed by atoms with Crippen LogP contribution < -0.4 is 10.2 Å². The Kier molecular flexibility index (Phi) is 6.14. The molecule has 1 amide bonds. The van der Waals surface area contributed by atoms with Gasteiger partial charge in [0.15, 0.2) is 0 Å². The molecule has 1 heterocycles. The van der Waals surface area contributed by atoms with Crippen molar-refractivity contribution in [1.29, 1.82) is 0 Å². The van der Waals surface area contributed by atoms with Gasteiger partial charge in [-0.1, -0.05) is 6.07 Å². The number of aliphatic hydroxyl groups is 1. The molecule has 0 spiro atoms. The third kappa shape index (κ3) is 4.89. The second-order valence-electron chi connectivity index (χ2n) is 7.03. The van der Waals surface area contributed by atoms with Gasteiger partial charge in [-0.2, -0.15) is 13.2 Å². The SMILES string of the molecule is Cc1ccc(NC(=O)c2ccc(N3CCOCC3)c(C(F)(F)F)c2)cc1C(C)O. The first kappa shape index (κ1) is 21.1. The molecule has 1 aliphatic heterocycles. The molecule has 5 nitrogen and oxygen atoms in total. The molecule has 1 atom stereocenters. The van der Waals surface area contributed by atoms with Gasteiger partial charge in [-0.15, -0.1) is 0 Å². The van der Waals surface area contributed by atoms with E-state index in [1.807, 2.05) is 6.92 Å². The van der Waals surface area contributed by atoms with E-state index in [2.05, 4.69) is 5.32 Å². The van der Waals surface area contributed by atoms with Crippen LogP contribution in [-0.4, -0.2) is 37.3 Å². The zero-order valence-electron chi connectivity index (χ0n) is 16.2. The molecule has 156 valence electrons. The Morgan fingerprint density at radius 2 is 1.86 bits per heavy atom. The number of alkyl halides is 3. The maximum absolute atomic E-state index is 13.6. The fourth-order valence-electron chi connectivity index (χ4n) is 3.36. The predicted octanol–water partition coefficient (Wildman–Crippen LogP) is 4.16. The first-order valence-electron chi connectivity index (χ1n) is 9.30. The normalized spacial score (nSPS) is 15.9. The average molecular weight is 408 g/mol. The third-order valence-electron chi connectivity index (χ3n) is 4.90. The van der Waals surface area contributed by atoms with Crippen LogP contribution >= 0.6 is 0 Å². The number of amides is 1. The van der Waals surface area contributed by atoms with E-state index in [0.29, 0.717) is 37.6 Å². The summed E-state index contributed by atoms with van der Waals surface area (Å²) in [6, 6.07) is 8.60. The Hall–Kier alpha value is -2.58. The number of morpholine rings is 1. The van der Waals surface area contributed by atoms with E-state index >= 15 is 0 Å². The fourth-order valence-corrected chi connectivity index (χ4v) is 3.36. The molecule has 2 aromatic rings. The summed E-state index contributed by atoms with van der Waals surface area (Å²) in [6.07, 6.45) is -5.32. The fraction of sp³-hybridized carbons (Fsp3) is 0.381. The van der Waals surface area contributed by atoms with E-state index in [1.54, 1.807) is 30.0 Å². The van der Waals surface area contributed by atoms with Crippen LogP contribution in [0.4, 0.5) is 24.5 Å². The van der Waals surface area contributed by atoms with E-state index in [0.717, 1.165) is 11.6 Å². The minimum absolute atomic E-state index is 0.0454. The molecule has 2 N–H and O–H groups in total. The Labute approximate surface area is 167 Å². The molecule has 2 aromatic carbocycles. The minimum atomic E-state index is -4.59. The summed E-state index contributed by atoms with van der Waals surface area (Å²) >= 11 is 0. The molecule has 0 aromatic heterocycles. The topological polar surface area (TPSA) is 61.8 Å². The molecular formula is C21H23F3N2O3. The highest BCUT2D eigenvalue weighted by Crippen LogP contribution is 2.37. The summed E-state index contributed by atoms with van der Waals surface area (Å²) in [6.45, 7) is 4.87. The van der Waals surface area contributed by atoms with Crippen LogP contribution in [0.25, 0.3) is 0 Å². The third-order valence-corrected chi connectivity index (χ3v) is 4.90. The number of aryl methyl sites for hydroxylation is 1. The lowest BCUT2D eigenvalue weighted by Gasteiger charge is -2.31. The van der Waals surface area contributed by atoms with E-state index in [1.165, 1.54) is 12.1 Å². The van der Waals surface area contributed by atoms with Crippen molar-refractivity contribution in [1.82, 2.24) is 0 Å². The van der Waals surface area contributed by atoms with Crippen molar-refractivity contribution in [3.63, 3.8) is 0 Å². The van der Waals surface area contributed by atoms with Gasteiger partial charge in [0.05, 0.1) is 24.9 Å². The Morgan fingerprint density at radius 3 is 2.48 bits per heavy atom. The Balaban J connectivity index is 1.88. The molecule has 1 aliphatic rings. The Bertz CT molecular complexity index is 891. The number of halogens is 3. The lowest BCUT2D eigenvalue weighted by atomic mass is 10.0. The van der Waals surface area contributed by atoms with Crippen molar-refractivity contribution in [3.05, 3.63) is 58.7 Å². The molecule has 0 aliphatic carbocycles. The van der Waals surface area contributed by atoms with Crippen LogP contribution in [-0.2, 0) is 10.9 Å². The molecule has 8 heteroatoms. The summed E-state index contributed by atoms with van der Waals surface area (Å²) in [5.74, 6) is -0.649. The van der Waals surface area contributed by atoms with Crippen molar-refractivity contribution in [2.75, 3.05) is 36.5 Å². The molecule has 1 fully saturated rings. The number of nitrogens with one attached hydrogen (secondary N) is 1. The predicted molar refractivity (Wildman–Crippen MR) is 104 cm³/mol. The number of aliphatic hydroxyl groups excluding tert-OH is 1. The monoisotopic (exact) mass is 408 g/mol. The largest absolute Gasteiger partial charge is 0.418 e. The molecule has 0 radical (unpaired) electrons. The van der Waals surface area contributed by atoms with E-state index in [4.69, 9.17) is 4.74 Å². The number of benzene rings is 2. The van der Waals surface area contributed by atoms with Crippen molar-refractivity contribution >= 4 is 17.3 Å². The molecular weight excluding hydrogens is 385 g/mol. The van der Waals surface area contributed by atoms with E-state index in [-0.39, 0.29) is 11.3 Å². The summed E-state index contributed by atoms with van der Waals surface area (Å²) in [5.41, 5.74) is 1.01. The van der Waals surface area contributed by atoms with Gasteiger partial charge in [-0.25, -0.2) is 0 Å². The number of ether oxygens (including phenoxy) is 1. The number of carbonyl (C=O) groups is 1. The van der Waals surface area contributed by atoms with Crippen LogP contribution in [0.15, 0.2) is 36.4 Å². The molecule has 1 unspecified atom stereocenters. The highest BCUT2D eigenvalue weighted by molar-refractivity contribution is 6.04. The number of anilines is 2. The molecule has 3 rings (SSSR count). The van der Waals surface area contributed by atoms with Gasteiger partial charge >= 0.3 is 6.18 Å². The van der Waals surface area contributed by atoms with E-state index < -0.39 is 23.8 Å². The quantitative estimate of drug-likeness (QED) is 0.798. The van der Waals surface area contributed by atoms with Crippen molar-refractivity contribution in [2.45, 2.75) is 26.1 Å². The van der Waals surface area contributed by atoms with Gasteiger partial charge in [0.1, 0.15) is 0 Å².